The first kappa shape index (κ1) is 15.7. The van der Waals surface area contributed by atoms with Gasteiger partial charge in [0.15, 0.2) is 12.4 Å². The van der Waals surface area contributed by atoms with Gasteiger partial charge < -0.3 is 10.1 Å². The van der Waals surface area contributed by atoms with Crippen molar-refractivity contribution >= 4 is 29.0 Å². The normalized spacial score (nSPS) is 13.0. The number of Topliss-reactive ketones (excluding diaryl/α,β-unsaturated/α-hetero) is 1. The lowest BCUT2D eigenvalue weighted by atomic mass is 10.1. The van der Waals surface area contributed by atoms with Gasteiger partial charge in [-0.15, -0.1) is 0 Å². The first-order valence-electron chi connectivity index (χ1n) is 7.47. The fraction of sp³-hybridized carbons (Fsp3) is 0.167. The van der Waals surface area contributed by atoms with E-state index in [2.05, 4.69) is 5.32 Å². The van der Waals surface area contributed by atoms with E-state index in [1.54, 1.807) is 48.5 Å². The maximum absolute atomic E-state index is 12.4. The Morgan fingerprint density at radius 1 is 1.12 bits per heavy atom. The molecular weight excluding hydrogens is 308 g/mol. The zero-order valence-corrected chi connectivity index (χ0v) is 13.1. The minimum atomic E-state index is -0.312. The molecule has 2 aromatic rings. The number of hydrogen-bond donors (Lipinski definition) is 1. The quantitative estimate of drug-likeness (QED) is 0.875. The Balaban J connectivity index is 1.69. The average molecular weight is 324 g/mol. The number of ketones is 1. The van der Waals surface area contributed by atoms with Crippen LogP contribution in [0.15, 0.2) is 48.5 Å². The van der Waals surface area contributed by atoms with Crippen molar-refractivity contribution in [2.75, 3.05) is 23.4 Å². The Labute approximate surface area is 139 Å². The number of nitrogens with one attached hydrogen (secondary N) is 1. The minimum Gasteiger partial charge on any atom is -0.484 e. The number of ether oxygens (including phenoxy) is 1. The summed E-state index contributed by atoms with van der Waals surface area (Å²) in [5.41, 5.74) is 1.83. The summed E-state index contributed by atoms with van der Waals surface area (Å²) in [7, 11) is 0. The summed E-state index contributed by atoms with van der Waals surface area (Å²) in [5.74, 6) is -0.0996. The Kier molecular flexibility index (Phi) is 4.29. The van der Waals surface area contributed by atoms with Gasteiger partial charge in [-0.25, -0.2) is 0 Å². The lowest BCUT2D eigenvalue weighted by molar-refractivity contribution is -0.123. The van der Waals surface area contributed by atoms with Crippen LogP contribution in [-0.2, 0) is 9.59 Å². The molecule has 0 aromatic heterocycles. The summed E-state index contributed by atoms with van der Waals surface area (Å²) in [6.45, 7) is 1.25. The Morgan fingerprint density at radius 2 is 1.83 bits per heavy atom. The van der Waals surface area contributed by atoms with Crippen LogP contribution in [0.2, 0.25) is 0 Å². The molecular formula is C18H16N2O4. The SMILES string of the molecule is CC(=O)c1ccc(OCC(=O)N2CC(=O)Nc3ccccc32)cc1. The van der Waals surface area contributed by atoms with E-state index in [4.69, 9.17) is 4.74 Å². The van der Waals surface area contributed by atoms with E-state index in [1.807, 2.05) is 0 Å². The molecule has 0 fully saturated rings. The molecule has 0 saturated carbocycles. The molecule has 0 spiro atoms. The van der Waals surface area contributed by atoms with E-state index in [1.165, 1.54) is 11.8 Å². The van der Waals surface area contributed by atoms with Gasteiger partial charge in [-0.2, -0.15) is 0 Å². The van der Waals surface area contributed by atoms with Crippen molar-refractivity contribution in [1.82, 2.24) is 0 Å². The summed E-state index contributed by atoms with van der Waals surface area (Å²) in [5, 5.41) is 2.73. The highest BCUT2D eigenvalue weighted by atomic mass is 16.5. The maximum Gasteiger partial charge on any atom is 0.265 e. The first-order valence-corrected chi connectivity index (χ1v) is 7.47. The number of para-hydroxylation sites is 2. The molecule has 1 aliphatic heterocycles. The molecule has 122 valence electrons. The standard InChI is InChI=1S/C18H16N2O4/c1-12(21)13-6-8-14(9-7-13)24-11-18(23)20-10-17(22)19-15-4-2-3-5-16(15)20/h2-9H,10-11H2,1H3,(H,19,22). The third kappa shape index (κ3) is 3.27. The van der Waals surface area contributed by atoms with Crippen molar-refractivity contribution in [1.29, 1.82) is 0 Å². The monoisotopic (exact) mass is 324 g/mol. The van der Waals surface area contributed by atoms with Gasteiger partial charge in [-0.3, -0.25) is 19.3 Å². The molecule has 0 radical (unpaired) electrons. The molecule has 0 aliphatic carbocycles. The van der Waals surface area contributed by atoms with Crippen LogP contribution in [0.5, 0.6) is 5.75 Å². The van der Waals surface area contributed by atoms with Crippen molar-refractivity contribution in [3.8, 4) is 5.75 Å². The average Bonchev–Trinajstić information content (AvgIpc) is 2.59. The van der Waals surface area contributed by atoms with Crippen molar-refractivity contribution in [2.45, 2.75) is 6.92 Å². The smallest absolute Gasteiger partial charge is 0.265 e. The summed E-state index contributed by atoms with van der Waals surface area (Å²) < 4.78 is 5.47. The van der Waals surface area contributed by atoms with Gasteiger partial charge in [0, 0.05) is 5.56 Å². The molecule has 1 N–H and O–H groups in total. The van der Waals surface area contributed by atoms with Crippen molar-refractivity contribution < 1.29 is 19.1 Å². The predicted octanol–water partition coefficient (Wildman–Crippen LogP) is 2.25. The van der Waals surface area contributed by atoms with Gasteiger partial charge in [-0.1, -0.05) is 12.1 Å². The Bertz CT molecular complexity index is 799. The number of amides is 2. The molecule has 6 nitrogen and oxygen atoms in total. The fourth-order valence-electron chi connectivity index (χ4n) is 2.46. The molecule has 1 aliphatic rings. The van der Waals surface area contributed by atoms with Gasteiger partial charge in [0.2, 0.25) is 5.91 Å². The van der Waals surface area contributed by atoms with Crippen LogP contribution in [0, 0.1) is 0 Å². The molecule has 2 aromatic carbocycles. The zero-order valence-electron chi connectivity index (χ0n) is 13.1. The molecule has 2 amide bonds. The topological polar surface area (TPSA) is 75.7 Å². The third-order valence-electron chi connectivity index (χ3n) is 3.69. The summed E-state index contributed by atoms with van der Waals surface area (Å²) in [6, 6.07) is 13.7. The van der Waals surface area contributed by atoms with E-state index in [0.717, 1.165) is 0 Å². The molecule has 0 saturated heterocycles. The number of carbonyl (C=O) groups is 3. The largest absolute Gasteiger partial charge is 0.484 e. The van der Waals surface area contributed by atoms with E-state index in [0.29, 0.717) is 22.7 Å². The lowest BCUT2D eigenvalue weighted by Gasteiger charge is -2.29. The molecule has 0 unspecified atom stereocenters. The molecule has 0 atom stereocenters. The van der Waals surface area contributed by atoms with Gasteiger partial charge in [0.1, 0.15) is 12.3 Å². The highest BCUT2D eigenvalue weighted by Crippen LogP contribution is 2.28. The van der Waals surface area contributed by atoms with Gasteiger partial charge in [-0.05, 0) is 43.3 Å². The minimum absolute atomic E-state index is 0.0337. The van der Waals surface area contributed by atoms with Crippen LogP contribution in [0.25, 0.3) is 0 Å². The fourth-order valence-corrected chi connectivity index (χ4v) is 2.46. The van der Waals surface area contributed by atoms with Crippen LogP contribution in [0.4, 0.5) is 11.4 Å². The number of fused-ring (bicyclic) bond motifs is 1. The second kappa shape index (κ2) is 6.54. The molecule has 0 bridgehead atoms. The number of benzene rings is 2. The van der Waals surface area contributed by atoms with Crippen molar-refractivity contribution in [3.63, 3.8) is 0 Å². The molecule has 3 rings (SSSR count). The van der Waals surface area contributed by atoms with E-state index in [9.17, 15) is 14.4 Å². The Morgan fingerprint density at radius 3 is 2.54 bits per heavy atom. The summed E-state index contributed by atoms with van der Waals surface area (Å²) in [4.78, 5) is 36.8. The highest BCUT2D eigenvalue weighted by Gasteiger charge is 2.26. The number of rotatable bonds is 4. The first-order chi connectivity index (χ1) is 11.5. The van der Waals surface area contributed by atoms with Crippen molar-refractivity contribution in [2.24, 2.45) is 0 Å². The third-order valence-corrected chi connectivity index (χ3v) is 3.69. The van der Waals surface area contributed by atoms with Gasteiger partial charge >= 0.3 is 0 Å². The summed E-state index contributed by atoms with van der Waals surface area (Å²) in [6.07, 6.45) is 0. The summed E-state index contributed by atoms with van der Waals surface area (Å²) >= 11 is 0. The predicted molar refractivity (Wildman–Crippen MR) is 89.4 cm³/mol. The van der Waals surface area contributed by atoms with Crippen LogP contribution in [-0.4, -0.2) is 30.7 Å². The number of anilines is 2. The highest BCUT2D eigenvalue weighted by molar-refractivity contribution is 6.10. The Hall–Kier alpha value is -3.15. The lowest BCUT2D eigenvalue weighted by Crippen LogP contribution is -2.44. The van der Waals surface area contributed by atoms with Gasteiger partial charge in [0.25, 0.3) is 5.91 Å². The molecule has 24 heavy (non-hydrogen) atoms. The van der Waals surface area contributed by atoms with Crippen LogP contribution in [0.3, 0.4) is 0 Å². The zero-order chi connectivity index (χ0) is 17.1. The number of hydrogen-bond acceptors (Lipinski definition) is 4. The van der Waals surface area contributed by atoms with Crippen LogP contribution in [0.1, 0.15) is 17.3 Å². The van der Waals surface area contributed by atoms with Gasteiger partial charge in [0.05, 0.1) is 11.4 Å². The second-order valence-corrected chi connectivity index (χ2v) is 5.41. The number of carbonyl (C=O) groups excluding carboxylic acids is 3. The number of nitrogens with zero attached hydrogens (tertiary/aromatic N) is 1. The molecule has 6 heteroatoms. The molecule has 1 heterocycles. The van der Waals surface area contributed by atoms with Crippen molar-refractivity contribution in [3.05, 3.63) is 54.1 Å². The maximum atomic E-state index is 12.4. The van der Waals surface area contributed by atoms with Crippen LogP contribution >= 0.6 is 0 Å². The van der Waals surface area contributed by atoms with E-state index in [-0.39, 0.29) is 30.7 Å². The second-order valence-electron chi connectivity index (χ2n) is 5.41. The van der Waals surface area contributed by atoms with Crippen LogP contribution < -0.4 is 15.0 Å². The van der Waals surface area contributed by atoms with E-state index < -0.39 is 0 Å². The van der Waals surface area contributed by atoms with E-state index >= 15 is 0 Å².